The SMILES string of the molecule is C[C@@H](N[C@H]1CCN(c2ccc(N3CC(C(=O)O)CC3=O)cc2)C1)c1cccc2ccccc12. The van der Waals surface area contributed by atoms with Gasteiger partial charge in [-0.15, -0.1) is 0 Å². The third kappa shape index (κ3) is 4.31. The van der Waals surface area contributed by atoms with Crippen LogP contribution in [0.4, 0.5) is 11.4 Å². The molecule has 3 atom stereocenters. The zero-order chi connectivity index (χ0) is 22.9. The summed E-state index contributed by atoms with van der Waals surface area (Å²) in [5.41, 5.74) is 3.22. The Morgan fingerprint density at radius 2 is 1.73 bits per heavy atom. The van der Waals surface area contributed by atoms with Crippen molar-refractivity contribution in [3.63, 3.8) is 0 Å². The fraction of sp³-hybridized carbons (Fsp3) is 0.333. The molecule has 3 aromatic carbocycles. The lowest BCUT2D eigenvalue weighted by atomic mass is 9.99. The second kappa shape index (κ2) is 8.87. The molecule has 6 heteroatoms. The molecule has 0 spiro atoms. The Morgan fingerprint density at radius 1 is 1.00 bits per heavy atom. The minimum atomic E-state index is -0.907. The number of anilines is 2. The highest BCUT2D eigenvalue weighted by atomic mass is 16.4. The number of hydrogen-bond donors (Lipinski definition) is 2. The van der Waals surface area contributed by atoms with Gasteiger partial charge in [-0.05, 0) is 53.9 Å². The molecule has 5 rings (SSSR count). The van der Waals surface area contributed by atoms with Crippen molar-refractivity contribution in [2.24, 2.45) is 5.92 Å². The zero-order valence-electron chi connectivity index (χ0n) is 18.8. The molecule has 1 amide bonds. The van der Waals surface area contributed by atoms with E-state index in [4.69, 9.17) is 0 Å². The average Bonchev–Trinajstić information content (AvgIpc) is 3.45. The fourth-order valence-electron chi connectivity index (χ4n) is 5.17. The molecular formula is C27H29N3O3. The Morgan fingerprint density at radius 3 is 2.48 bits per heavy atom. The van der Waals surface area contributed by atoms with Gasteiger partial charge in [0.05, 0.1) is 5.92 Å². The van der Waals surface area contributed by atoms with E-state index in [2.05, 4.69) is 59.6 Å². The Kier molecular flexibility index (Phi) is 5.77. The van der Waals surface area contributed by atoms with Gasteiger partial charge >= 0.3 is 5.97 Å². The number of carboxylic acids is 1. The Labute approximate surface area is 193 Å². The molecule has 170 valence electrons. The predicted molar refractivity (Wildman–Crippen MR) is 131 cm³/mol. The van der Waals surface area contributed by atoms with E-state index < -0.39 is 11.9 Å². The van der Waals surface area contributed by atoms with E-state index in [1.165, 1.54) is 16.3 Å². The monoisotopic (exact) mass is 443 g/mol. The van der Waals surface area contributed by atoms with Gasteiger partial charge in [0.25, 0.3) is 0 Å². The Bertz CT molecular complexity index is 1170. The fourth-order valence-corrected chi connectivity index (χ4v) is 5.17. The zero-order valence-corrected chi connectivity index (χ0v) is 18.8. The number of carboxylic acid groups (broad SMARTS) is 1. The quantitative estimate of drug-likeness (QED) is 0.597. The van der Waals surface area contributed by atoms with Crippen LogP contribution in [0.1, 0.15) is 31.4 Å². The third-order valence-electron chi connectivity index (χ3n) is 6.96. The molecule has 0 aromatic heterocycles. The molecule has 3 aromatic rings. The second-order valence-corrected chi connectivity index (χ2v) is 9.15. The largest absolute Gasteiger partial charge is 0.481 e. The van der Waals surface area contributed by atoms with Gasteiger partial charge in [-0.3, -0.25) is 9.59 Å². The van der Waals surface area contributed by atoms with Gasteiger partial charge in [-0.1, -0.05) is 42.5 Å². The van der Waals surface area contributed by atoms with Gasteiger partial charge in [-0.2, -0.15) is 0 Å². The van der Waals surface area contributed by atoms with Crippen molar-refractivity contribution in [1.82, 2.24) is 5.32 Å². The van der Waals surface area contributed by atoms with E-state index in [9.17, 15) is 14.7 Å². The number of benzene rings is 3. The Hall–Kier alpha value is -3.38. The van der Waals surface area contributed by atoms with Crippen LogP contribution in [0.25, 0.3) is 10.8 Å². The minimum Gasteiger partial charge on any atom is -0.481 e. The summed E-state index contributed by atoms with van der Waals surface area (Å²) in [5.74, 6) is -1.65. The van der Waals surface area contributed by atoms with Gasteiger partial charge in [0.1, 0.15) is 0 Å². The molecule has 6 nitrogen and oxygen atoms in total. The summed E-state index contributed by atoms with van der Waals surface area (Å²) < 4.78 is 0. The molecule has 1 unspecified atom stereocenters. The predicted octanol–water partition coefficient (Wildman–Crippen LogP) is 4.21. The maximum Gasteiger partial charge on any atom is 0.308 e. The molecule has 0 bridgehead atoms. The van der Waals surface area contributed by atoms with Crippen LogP contribution in [-0.2, 0) is 9.59 Å². The molecule has 2 N–H and O–H groups in total. The number of carbonyl (C=O) groups is 2. The molecule has 2 aliphatic heterocycles. The van der Waals surface area contributed by atoms with E-state index >= 15 is 0 Å². The van der Waals surface area contributed by atoms with E-state index in [0.717, 1.165) is 30.9 Å². The van der Waals surface area contributed by atoms with Gasteiger partial charge in [-0.25, -0.2) is 0 Å². The van der Waals surface area contributed by atoms with Crippen LogP contribution in [0.5, 0.6) is 0 Å². The van der Waals surface area contributed by atoms with Gasteiger partial charge in [0.15, 0.2) is 0 Å². The van der Waals surface area contributed by atoms with E-state index in [1.807, 2.05) is 24.3 Å². The van der Waals surface area contributed by atoms with Crippen LogP contribution in [0.2, 0.25) is 0 Å². The number of fused-ring (bicyclic) bond motifs is 1. The molecule has 0 saturated carbocycles. The van der Waals surface area contributed by atoms with Crippen molar-refractivity contribution in [1.29, 1.82) is 0 Å². The van der Waals surface area contributed by atoms with Crippen LogP contribution in [-0.4, -0.2) is 42.7 Å². The maximum atomic E-state index is 12.2. The first-order valence-corrected chi connectivity index (χ1v) is 11.6. The number of amides is 1. The van der Waals surface area contributed by atoms with Crippen LogP contribution >= 0.6 is 0 Å². The highest BCUT2D eigenvalue weighted by molar-refractivity contribution is 5.99. The summed E-state index contributed by atoms with van der Waals surface area (Å²) in [6.45, 7) is 4.38. The Balaban J connectivity index is 1.22. The maximum absolute atomic E-state index is 12.2. The second-order valence-electron chi connectivity index (χ2n) is 9.15. The van der Waals surface area contributed by atoms with Crippen LogP contribution in [0, 0.1) is 5.92 Å². The average molecular weight is 444 g/mol. The highest BCUT2D eigenvalue weighted by Crippen LogP contribution is 2.30. The summed E-state index contributed by atoms with van der Waals surface area (Å²) >= 11 is 0. The van der Waals surface area contributed by atoms with Gasteiger partial charge in [0.2, 0.25) is 5.91 Å². The smallest absolute Gasteiger partial charge is 0.308 e. The molecule has 0 aliphatic carbocycles. The first-order chi connectivity index (χ1) is 16.0. The van der Waals surface area contributed by atoms with Crippen molar-refractivity contribution in [2.45, 2.75) is 31.8 Å². The molecule has 33 heavy (non-hydrogen) atoms. The number of nitrogens with one attached hydrogen (secondary N) is 1. The van der Waals surface area contributed by atoms with E-state index in [1.54, 1.807) is 4.90 Å². The molecule has 2 saturated heterocycles. The van der Waals surface area contributed by atoms with Crippen molar-refractivity contribution >= 4 is 34.0 Å². The van der Waals surface area contributed by atoms with Crippen molar-refractivity contribution in [3.8, 4) is 0 Å². The van der Waals surface area contributed by atoms with Gasteiger partial charge < -0.3 is 20.2 Å². The minimum absolute atomic E-state index is 0.0748. The number of hydrogen-bond acceptors (Lipinski definition) is 4. The van der Waals surface area contributed by atoms with Crippen LogP contribution in [0.15, 0.2) is 66.7 Å². The van der Waals surface area contributed by atoms with Crippen molar-refractivity contribution < 1.29 is 14.7 Å². The van der Waals surface area contributed by atoms with Crippen LogP contribution in [0.3, 0.4) is 0 Å². The molecule has 0 radical (unpaired) electrons. The molecular weight excluding hydrogens is 414 g/mol. The normalized spacial score (nSPS) is 21.7. The first kappa shape index (κ1) is 21.5. The standard InChI is InChI=1S/C27H29N3O3/c1-18(24-8-4-6-19-5-2-3-7-25(19)24)28-21-13-14-29(17-21)22-9-11-23(12-10-22)30-16-20(27(32)33)15-26(30)31/h2-12,18,20-21,28H,13-17H2,1H3,(H,32,33)/t18-,20?,21+/m1/s1. The summed E-state index contributed by atoms with van der Waals surface area (Å²) in [7, 11) is 0. The lowest BCUT2D eigenvalue weighted by Crippen LogP contribution is -2.34. The van der Waals surface area contributed by atoms with Crippen molar-refractivity contribution in [2.75, 3.05) is 29.4 Å². The lowest BCUT2D eigenvalue weighted by Gasteiger charge is -2.23. The van der Waals surface area contributed by atoms with E-state index in [-0.39, 0.29) is 24.9 Å². The van der Waals surface area contributed by atoms with Gasteiger partial charge in [0, 0.05) is 49.5 Å². The third-order valence-corrected chi connectivity index (χ3v) is 6.96. The van der Waals surface area contributed by atoms with Crippen LogP contribution < -0.4 is 15.1 Å². The van der Waals surface area contributed by atoms with E-state index in [0.29, 0.717) is 6.04 Å². The topological polar surface area (TPSA) is 72.9 Å². The summed E-state index contributed by atoms with van der Waals surface area (Å²) in [5, 5.41) is 15.6. The van der Waals surface area contributed by atoms with Crippen molar-refractivity contribution in [3.05, 3.63) is 72.3 Å². The first-order valence-electron chi connectivity index (χ1n) is 11.6. The lowest BCUT2D eigenvalue weighted by molar-refractivity contribution is -0.141. The number of nitrogens with zero attached hydrogens (tertiary/aromatic N) is 2. The highest BCUT2D eigenvalue weighted by Gasteiger charge is 2.35. The summed E-state index contributed by atoms with van der Waals surface area (Å²) in [6, 6.07) is 23.6. The molecule has 2 aliphatic rings. The summed E-state index contributed by atoms with van der Waals surface area (Å²) in [4.78, 5) is 27.4. The number of rotatable bonds is 6. The number of carbonyl (C=O) groups excluding carboxylic acids is 1. The molecule has 2 heterocycles. The summed E-state index contributed by atoms with van der Waals surface area (Å²) in [6.07, 6.45) is 1.15. The number of aliphatic carboxylic acids is 1. The molecule has 2 fully saturated rings.